The Morgan fingerprint density at radius 2 is 1.82 bits per heavy atom. The Kier molecular flexibility index (Phi) is 8.79. The van der Waals surface area contributed by atoms with Crippen molar-refractivity contribution in [2.45, 2.75) is 75.0 Å². The highest BCUT2D eigenvalue weighted by Gasteiger charge is 2.27. The van der Waals surface area contributed by atoms with Crippen LogP contribution in [0.3, 0.4) is 0 Å². The molecule has 7 nitrogen and oxygen atoms in total. The van der Waals surface area contributed by atoms with Gasteiger partial charge in [-0.3, -0.25) is 0 Å². The van der Waals surface area contributed by atoms with Crippen LogP contribution in [0, 0.1) is 0 Å². The second kappa shape index (κ2) is 12.7. The SMILES string of the molecule is COc1cc(N2CCC(N3CCCC3)CC2)ccc1Nc1nc2c(c(NC3=CCCC=C3SC(C)C)n1)SCC2. The van der Waals surface area contributed by atoms with E-state index in [1.807, 2.05) is 23.5 Å². The number of nitrogens with one attached hydrogen (secondary N) is 2. The van der Waals surface area contributed by atoms with Gasteiger partial charge in [0.05, 0.1) is 23.4 Å². The molecule has 0 radical (unpaired) electrons. The van der Waals surface area contributed by atoms with Crippen molar-refractivity contribution in [2.24, 2.45) is 0 Å². The van der Waals surface area contributed by atoms with Gasteiger partial charge in [-0.25, -0.2) is 4.98 Å². The zero-order chi connectivity index (χ0) is 27.5. The Labute approximate surface area is 247 Å². The number of methoxy groups -OCH3 is 1. The molecule has 1 aromatic heterocycles. The van der Waals surface area contributed by atoms with Gasteiger partial charge in [0.25, 0.3) is 0 Å². The Balaban J connectivity index is 1.18. The molecule has 2 N–H and O–H groups in total. The first-order valence-corrected chi connectivity index (χ1v) is 16.8. The molecule has 0 bridgehead atoms. The fourth-order valence-electron chi connectivity index (χ4n) is 6.16. The first-order valence-electron chi connectivity index (χ1n) is 14.9. The highest BCUT2D eigenvalue weighted by molar-refractivity contribution is 8.03. The number of aryl methyl sites for hydroxylation is 1. The molecule has 9 heteroatoms. The molecule has 0 saturated carbocycles. The van der Waals surface area contributed by atoms with Crippen LogP contribution in [0.2, 0.25) is 0 Å². The van der Waals surface area contributed by atoms with E-state index in [0.29, 0.717) is 11.2 Å². The van der Waals surface area contributed by atoms with E-state index in [1.165, 1.54) is 60.0 Å². The van der Waals surface area contributed by atoms with Crippen molar-refractivity contribution in [3.05, 3.63) is 46.6 Å². The number of nitrogens with zero attached hydrogens (tertiary/aromatic N) is 4. The topological polar surface area (TPSA) is 65.6 Å². The molecule has 0 amide bonds. The quantitative estimate of drug-likeness (QED) is 0.326. The van der Waals surface area contributed by atoms with Gasteiger partial charge in [-0.15, -0.1) is 23.5 Å². The normalized spacial score (nSPS) is 19.9. The summed E-state index contributed by atoms with van der Waals surface area (Å²) in [6, 6.07) is 7.23. The Hall–Kier alpha value is -2.36. The van der Waals surface area contributed by atoms with Crippen LogP contribution in [0.5, 0.6) is 5.75 Å². The fourth-order valence-corrected chi connectivity index (χ4v) is 8.19. The number of thioether (sulfide) groups is 2. The molecule has 6 rings (SSSR count). The van der Waals surface area contributed by atoms with E-state index in [4.69, 9.17) is 14.7 Å². The summed E-state index contributed by atoms with van der Waals surface area (Å²) in [4.78, 5) is 17.6. The number of allylic oxidation sites excluding steroid dienone is 2. The number of ether oxygens (including phenoxy) is 1. The molecular formula is C31H42N6OS2. The predicted octanol–water partition coefficient (Wildman–Crippen LogP) is 7.06. The van der Waals surface area contributed by atoms with Gasteiger partial charge in [0.2, 0.25) is 5.95 Å². The lowest BCUT2D eigenvalue weighted by molar-refractivity contribution is 0.208. The molecule has 4 heterocycles. The number of anilines is 4. The third kappa shape index (κ3) is 6.26. The minimum absolute atomic E-state index is 0.532. The number of piperidine rings is 1. The molecule has 0 atom stereocenters. The molecule has 0 spiro atoms. The number of hydrogen-bond acceptors (Lipinski definition) is 9. The standard InChI is InChI=1S/C31H42N6OS2/c1-21(2)40-28-9-5-4-8-25(28)32-30-29-26(14-19-39-29)34-31(35-30)33-24-11-10-23(20-27(24)38-3)37-17-12-22(13-18-37)36-15-6-7-16-36/h8-11,20-22H,4-7,12-19H2,1-3H3,(H2,32,33,34,35). The molecule has 40 heavy (non-hydrogen) atoms. The third-order valence-corrected chi connectivity index (χ3v) is 10.4. The summed E-state index contributed by atoms with van der Waals surface area (Å²) < 4.78 is 5.85. The van der Waals surface area contributed by atoms with Crippen molar-refractivity contribution in [1.82, 2.24) is 14.9 Å². The average Bonchev–Trinajstić information content (AvgIpc) is 3.67. The van der Waals surface area contributed by atoms with Crippen LogP contribution in [0.15, 0.2) is 45.8 Å². The summed E-state index contributed by atoms with van der Waals surface area (Å²) in [6.07, 6.45) is 13.0. The minimum atomic E-state index is 0.532. The summed E-state index contributed by atoms with van der Waals surface area (Å²) in [5.74, 6) is 3.37. The number of aromatic nitrogens is 2. The van der Waals surface area contributed by atoms with Crippen LogP contribution >= 0.6 is 23.5 Å². The molecule has 4 aliphatic rings. The van der Waals surface area contributed by atoms with Crippen molar-refractivity contribution in [3.63, 3.8) is 0 Å². The summed E-state index contributed by atoms with van der Waals surface area (Å²) in [7, 11) is 1.74. The van der Waals surface area contributed by atoms with Gasteiger partial charge >= 0.3 is 0 Å². The van der Waals surface area contributed by atoms with Gasteiger partial charge in [-0.2, -0.15) is 4.98 Å². The van der Waals surface area contributed by atoms with Crippen molar-refractivity contribution in [2.75, 3.05) is 54.6 Å². The zero-order valence-corrected chi connectivity index (χ0v) is 25.7. The minimum Gasteiger partial charge on any atom is -0.494 e. The first-order chi connectivity index (χ1) is 19.6. The number of benzene rings is 1. The first kappa shape index (κ1) is 27.8. The van der Waals surface area contributed by atoms with Crippen molar-refractivity contribution in [1.29, 1.82) is 0 Å². The molecule has 1 aromatic carbocycles. The average molecular weight is 579 g/mol. The monoisotopic (exact) mass is 578 g/mol. The maximum Gasteiger partial charge on any atom is 0.229 e. The van der Waals surface area contributed by atoms with Crippen molar-refractivity contribution in [3.8, 4) is 5.75 Å². The number of fused-ring (bicyclic) bond motifs is 1. The Bertz CT molecular complexity index is 1260. The largest absolute Gasteiger partial charge is 0.494 e. The van der Waals surface area contributed by atoms with E-state index >= 15 is 0 Å². The smallest absolute Gasteiger partial charge is 0.229 e. The lowest BCUT2D eigenvalue weighted by atomic mass is 10.0. The van der Waals surface area contributed by atoms with E-state index < -0.39 is 0 Å². The molecule has 3 aliphatic heterocycles. The van der Waals surface area contributed by atoms with E-state index in [2.05, 4.69) is 64.6 Å². The van der Waals surface area contributed by atoms with Crippen LogP contribution in [-0.2, 0) is 6.42 Å². The highest BCUT2D eigenvalue weighted by atomic mass is 32.2. The summed E-state index contributed by atoms with van der Waals surface area (Å²) >= 11 is 3.75. The van der Waals surface area contributed by atoms with Crippen LogP contribution in [0.25, 0.3) is 0 Å². The van der Waals surface area contributed by atoms with Crippen LogP contribution < -0.4 is 20.3 Å². The van der Waals surface area contributed by atoms with Crippen LogP contribution in [0.1, 0.15) is 58.1 Å². The van der Waals surface area contributed by atoms with E-state index in [0.717, 1.165) is 67.1 Å². The predicted molar refractivity (Wildman–Crippen MR) is 171 cm³/mol. The Morgan fingerprint density at radius 1 is 1.02 bits per heavy atom. The zero-order valence-electron chi connectivity index (χ0n) is 24.0. The van der Waals surface area contributed by atoms with Crippen molar-refractivity contribution < 1.29 is 4.74 Å². The molecule has 214 valence electrons. The lowest BCUT2D eigenvalue weighted by Crippen LogP contribution is -2.43. The summed E-state index contributed by atoms with van der Waals surface area (Å²) in [5.41, 5.74) is 4.39. The molecule has 2 fully saturated rings. The van der Waals surface area contributed by atoms with Gasteiger partial charge in [-0.1, -0.05) is 26.0 Å². The molecule has 2 saturated heterocycles. The lowest BCUT2D eigenvalue weighted by Gasteiger charge is -2.38. The highest BCUT2D eigenvalue weighted by Crippen LogP contribution is 2.40. The third-order valence-electron chi connectivity index (χ3n) is 8.17. The molecule has 0 unspecified atom stereocenters. The van der Waals surface area contributed by atoms with Gasteiger partial charge in [0, 0.05) is 58.9 Å². The van der Waals surface area contributed by atoms with Crippen molar-refractivity contribution >= 4 is 46.7 Å². The number of likely N-dealkylation sites (tertiary alicyclic amines) is 1. The van der Waals surface area contributed by atoms with Crippen LogP contribution in [0.4, 0.5) is 23.1 Å². The second-order valence-electron chi connectivity index (χ2n) is 11.3. The van der Waals surface area contributed by atoms with E-state index in [9.17, 15) is 0 Å². The number of rotatable bonds is 9. The van der Waals surface area contributed by atoms with E-state index in [-0.39, 0.29) is 0 Å². The van der Waals surface area contributed by atoms with E-state index in [1.54, 1.807) is 7.11 Å². The second-order valence-corrected chi connectivity index (χ2v) is 14.0. The summed E-state index contributed by atoms with van der Waals surface area (Å²) in [6.45, 7) is 9.25. The van der Waals surface area contributed by atoms with Gasteiger partial charge in [0.15, 0.2) is 0 Å². The summed E-state index contributed by atoms with van der Waals surface area (Å²) in [5, 5.41) is 7.71. The maximum absolute atomic E-state index is 5.85. The van der Waals surface area contributed by atoms with Crippen LogP contribution in [-0.4, -0.2) is 65.2 Å². The molecule has 1 aliphatic carbocycles. The Morgan fingerprint density at radius 3 is 2.60 bits per heavy atom. The van der Waals surface area contributed by atoms with Gasteiger partial charge in [-0.05, 0) is 63.7 Å². The molecule has 2 aromatic rings. The van der Waals surface area contributed by atoms with Gasteiger partial charge in [0.1, 0.15) is 11.6 Å². The number of hydrogen-bond donors (Lipinski definition) is 2. The fraction of sp³-hybridized carbons (Fsp3) is 0.548. The maximum atomic E-state index is 5.85. The van der Waals surface area contributed by atoms with Gasteiger partial charge < -0.3 is 25.2 Å². The molecular weight excluding hydrogens is 537 g/mol.